The number of anilines is 2. The SMILES string of the molecule is c1cncc(-c2cc3cnc(Nc4cccc(-c5ncn[nH]5)c4)cc3[nH]2)c1. The fourth-order valence-corrected chi connectivity index (χ4v) is 3.01. The minimum absolute atomic E-state index is 0.729. The van der Waals surface area contributed by atoms with Crippen molar-refractivity contribution in [2.75, 3.05) is 5.32 Å². The summed E-state index contributed by atoms with van der Waals surface area (Å²) < 4.78 is 0. The molecule has 1 aromatic carbocycles. The van der Waals surface area contributed by atoms with Crippen LogP contribution in [0.3, 0.4) is 0 Å². The zero-order valence-electron chi connectivity index (χ0n) is 14.2. The second kappa shape index (κ2) is 6.38. The molecule has 7 heteroatoms. The molecule has 0 radical (unpaired) electrons. The fraction of sp³-hybridized carbons (Fsp3) is 0. The molecule has 4 heterocycles. The van der Waals surface area contributed by atoms with E-state index in [1.165, 1.54) is 6.33 Å². The van der Waals surface area contributed by atoms with Gasteiger partial charge in [-0.25, -0.2) is 9.97 Å². The van der Waals surface area contributed by atoms with Crippen molar-refractivity contribution in [3.63, 3.8) is 0 Å². The standard InChI is InChI=1S/C20H15N7/c1-3-13(20-23-12-24-27-20)7-16(5-1)25-19-9-18-15(11-22-19)8-17(26-18)14-4-2-6-21-10-14/h1-12,26H,(H,22,25)(H,23,24,27). The van der Waals surface area contributed by atoms with Crippen LogP contribution in [0.15, 0.2) is 73.4 Å². The maximum absolute atomic E-state index is 4.52. The zero-order valence-corrected chi connectivity index (χ0v) is 14.2. The first-order chi connectivity index (χ1) is 13.3. The number of hydrogen-bond donors (Lipinski definition) is 3. The van der Waals surface area contributed by atoms with E-state index < -0.39 is 0 Å². The topological polar surface area (TPSA) is 95.2 Å². The summed E-state index contributed by atoms with van der Waals surface area (Å²) in [7, 11) is 0. The number of H-pyrrole nitrogens is 2. The Morgan fingerprint density at radius 3 is 2.70 bits per heavy atom. The van der Waals surface area contributed by atoms with Crippen LogP contribution >= 0.6 is 0 Å². The summed E-state index contributed by atoms with van der Waals surface area (Å²) in [6.07, 6.45) is 6.96. The molecule has 0 aliphatic heterocycles. The van der Waals surface area contributed by atoms with Crippen molar-refractivity contribution >= 4 is 22.4 Å². The lowest BCUT2D eigenvalue weighted by molar-refractivity contribution is 1.10. The van der Waals surface area contributed by atoms with Crippen molar-refractivity contribution < 1.29 is 0 Å². The van der Waals surface area contributed by atoms with Crippen LogP contribution in [0.4, 0.5) is 11.5 Å². The normalized spacial score (nSPS) is 11.0. The molecule has 7 nitrogen and oxygen atoms in total. The minimum atomic E-state index is 0.729. The molecule has 4 aromatic heterocycles. The molecule has 0 saturated carbocycles. The number of pyridine rings is 2. The Labute approximate surface area is 154 Å². The van der Waals surface area contributed by atoms with Crippen molar-refractivity contribution in [2.24, 2.45) is 0 Å². The average Bonchev–Trinajstić information content (AvgIpc) is 3.39. The minimum Gasteiger partial charge on any atom is -0.354 e. The van der Waals surface area contributed by atoms with Gasteiger partial charge in [-0.15, -0.1) is 0 Å². The molecular weight excluding hydrogens is 338 g/mol. The molecule has 3 N–H and O–H groups in total. The largest absolute Gasteiger partial charge is 0.354 e. The van der Waals surface area contributed by atoms with Crippen LogP contribution in [-0.2, 0) is 0 Å². The third-order valence-corrected chi connectivity index (χ3v) is 4.30. The molecule has 0 aliphatic rings. The number of fused-ring (bicyclic) bond motifs is 1. The number of nitrogens with zero attached hydrogens (tertiary/aromatic N) is 4. The molecule has 0 spiro atoms. The van der Waals surface area contributed by atoms with Gasteiger partial charge < -0.3 is 10.3 Å². The third kappa shape index (κ3) is 3.02. The summed E-state index contributed by atoms with van der Waals surface area (Å²) in [4.78, 5) is 16.3. The molecule has 27 heavy (non-hydrogen) atoms. The van der Waals surface area contributed by atoms with Crippen LogP contribution in [0, 0.1) is 0 Å². The van der Waals surface area contributed by atoms with Gasteiger partial charge in [-0.3, -0.25) is 10.1 Å². The molecule has 0 atom stereocenters. The molecular formula is C20H15N7. The highest BCUT2D eigenvalue weighted by Gasteiger charge is 2.06. The lowest BCUT2D eigenvalue weighted by Gasteiger charge is -2.07. The lowest BCUT2D eigenvalue weighted by Crippen LogP contribution is -1.93. The molecule has 130 valence electrons. The number of aromatic nitrogens is 6. The van der Waals surface area contributed by atoms with E-state index in [0.717, 1.165) is 45.1 Å². The van der Waals surface area contributed by atoms with Gasteiger partial charge in [0.1, 0.15) is 12.1 Å². The van der Waals surface area contributed by atoms with Crippen LogP contribution in [0.5, 0.6) is 0 Å². The van der Waals surface area contributed by atoms with Crippen molar-refractivity contribution in [1.29, 1.82) is 0 Å². The second-order valence-corrected chi connectivity index (χ2v) is 6.12. The Kier molecular flexibility index (Phi) is 3.61. The quantitative estimate of drug-likeness (QED) is 0.451. The number of nitrogens with one attached hydrogen (secondary N) is 3. The van der Waals surface area contributed by atoms with Gasteiger partial charge in [0, 0.05) is 52.6 Å². The average molecular weight is 353 g/mol. The van der Waals surface area contributed by atoms with Gasteiger partial charge in [-0.2, -0.15) is 5.10 Å². The van der Waals surface area contributed by atoms with Crippen LogP contribution in [0.1, 0.15) is 0 Å². The fourth-order valence-electron chi connectivity index (χ4n) is 3.01. The van der Waals surface area contributed by atoms with E-state index in [4.69, 9.17) is 0 Å². The monoisotopic (exact) mass is 353 g/mol. The Bertz CT molecular complexity index is 1190. The van der Waals surface area contributed by atoms with E-state index in [9.17, 15) is 0 Å². The van der Waals surface area contributed by atoms with E-state index in [-0.39, 0.29) is 0 Å². The highest BCUT2D eigenvalue weighted by molar-refractivity contribution is 5.87. The van der Waals surface area contributed by atoms with Gasteiger partial charge in [0.2, 0.25) is 0 Å². The maximum atomic E-state index is 4.52. The molecule has 0 saturated heterocycles. The zero-order chi connectivity index (χ0) is 18.1. The summed E-state index contributed by atoms with van der Waals surface area (Å²) in [6.45, 7) is 0. The Morgan fingerprint density at radius 1 is 0.889 bits per heavy atom. The van der Waals surface area contributed by atoms with Crippen molar-refractivity contribution in [3.8, 4) is 22.6 Å². The molecule has 0 bridgehead atoms. The highest BCUT2D eigenvalue weighted by Crippen LogP contribution is 2.26. The number of benzene rings is 1. The van der Waals surface area contributed by atoms with Crippen LogP contribution in [0.25, 0.3) is 33.5 Å². The lowest BCUT2D eigenvalue weighted by atomic mass is 10.2. The van der Waals surface area contributed by atoms with Gasteiger partial charge in [0.05, 0.1) is 5.52 Å². The first-order valence-corrected chi connectivity index (χ1v) is 8.47. The van der Waals surface area contributed by atoms with Crippen LogP contribution < -0.4 is 5.32 Å². The molecule has 0 fully saturated rings. The van der Waals surface area contributed by atoms with Gasteiger partial charge >= 0.3 is 0 Å². The van der Waals surface area contributed by atoms with Crippen LogP contribution in [0.2, 0.25) is 0 Å². The first-order valence-electron chi connectivity index (χ1n) is 8.47. The van der Waals surface area contributed by atoms with Crippen molar-refractivity contribution in [2.45, 2.75) is 0 Å². The number of hydrogen-bond acceptors (Lipinski definition) is 5. The Balaban J connectivity index is 1.45. The van der Waals surface area contributed by atoms with Gasteiger partial charge in [0.15, 0.2) is 5.82 Å². The maximum Gasteiger partial charge on any atom is 0.155 e. The summed E-state index contributed by atoms with van der Waals surface area (Å²) >= 11 is 0. The summed E-state index contributed by atoms with van der Waals surface area (Å²) in [6, 6.07) is 16.0. The van der Waals surface area contributed by atoms with Crippen molar-refractivity contribution in [3.05, 3.63) is 73.4 Å². The third-order valence-electron chi connectivity index (χ3n) is 4.30. The predicted octanol–water partition coefficient (Wildman–Crippen LogP) is 4.15. The molecule has 0 amide bonds. The molecule has 0 aliphatic carbocycles. The molecule has 5 rings (SSSR count). The van der Waals surface area contributed by atoms with Crippen molar-refractivity contribution in [1.82, 2.24) is 30.1 Å². The Morgan fingerprint density at radius 2 is 1.85 bits per heavy atom. The highest BCUT2D eigenvalue weighted by atomic mass is 15.2. The smallest absolute Gasteiger partial charge is 0.155 e. The van der Waals surface area contributed by atoms with E-state index in [1.54, 1.807) is 6.20 Å². The summed E-state index contributed by atoms with van der Waals surface area (Å²) in [5.41, 5.74) is 4.96. The first kappa shape index (κ1) is 15.3. The van der Waals surface area contributed by atoms with E-state index >= 15 is 0 Å². The Hall–Kier alpha value is -4.00. The van der Waals surface area contributed by atoms with Gasteiger partial charge in [-0.1, -0.05) is 12.1 Å². The summed E-state index contributed by atoms with van der Waals surface area (Å²) in [5.74, 6) is 1.49. The second-order valence-electron chi connectivity index (χ2n) is 6.12. The molecule has 5 aromatic rings. The van der Waals surface area contributed by atoms with E-state index in [1.807, 2.05) is 54.9 Å². The van der Waals surface area contributed by atoms with Crippen LogP contribution in [-0.4, -0.2) is 30.1 Å². The van der Waals surface area contributed by atoms with E-state index in [2.05, 4.69) is 41.5 Å². The van der Waals surface area contributed by atoms with Gasteiger partial charge in [0.25, 0.3) is 0 Å². The van der Waals surface area contributed by atoms with Gasteiger partial charge in [-0.05, 0) is 30.3 Å². The predicted molar refractivity (Wildman–Crippen MR) is 104 cm³/mol. The number of aromatic amines is 2. The number of rotatable bonds is 4. The summed E-state index contributed by atoms with van der Waals surface area (Å²) in [5, 5.41) is 11.2. The van der Waals surface area contributed by atoms with E-state index in [0.29, 0.717) is 0 Å². The molecule has 0 unspecified atom stereocenters.